The number of carbonyl (C=O) groups is 1. The van der Waals surface area contributed by atoms with Gasteiger partial charge in [0, 0.05) is 19.3 Å². The SMILES string of the molecule is NC(=O)C1COC2(CCC(CC3CC3)(CC(F)(F)F)CC2)O1. The molecule has 0 bridgehead atoms. The van der Waals surface area contributed by atoms with Gasteiger partial charge in [0.25, 0.3) is 0 Å². The fourth-order valence-electron chi connectivity index (χ4n) is 3.93. The van der Waals surface area contributed by atoms with Crippen molar-refractivity contribution in [1.82, 2.24) is 0 Å². The van der Waals surface area contributed by atoms with E-state index in [4.69, 9.17) is 15.2 Å². The molecule has 3 aliphatic rings. The minimum absolute atomic E-state index is 0.101. The van der Waals surface area contributed by atoms with Crippen LogP contribution in [0, 0.1) is 11.3 Å². The topological polar surface area (TPSA) is 61.6 Å². The van der Waals surface area contributed by atoms with E-state index in [1.165, 1.54) is 0 Å². The molecule has 1 spiro atoms. The van der Waals surface area contributed by atoms with Crippen LogP contribution in [0.3, 0.4) is 0 Å². The zero-order valence-corrected chi connectivity index (χ0v) is 12.5. The highest BCUT2D eigenvalue weighted by Gasteiger charge is 2.53. The number of ether oxygens (including phenoxy) is 2. The van der Waals surface area contributed by atoms with Gasteiger partial charge in [-0.15, -0.1) is 0 Å². The lowest BCUT2D eigenvalue weighted by Gasteiger charge is -2.44. The van der Waals surface area contributed by atoms with E-state index in [0.717, 1.165) is 12.8 Å². The molecule has 1 amide bonds. The molecule has 0 aromatic heterocycles. The summed E-state index contributed by atoms with van der Waals surface area (Å²) in [6.45, 7) is 0.101. The van der Waals surface area contributed by atoms with E-state index in [9.17, 15) is 18.0 Å². The number of hydrogen-bond donors (Lipinski definition) is 1. The number of hydrogen-bond acceptors (Lipinski definition) is 3. The van der Waals surface area contributed by atoms with Crippen molar-refractivity contribution in [3.05, 3.63) is 0 Å². The van der Waals surface area contributed by atoms with Crippen LogP contribution >= 0.6 is 0 Å². The van der Waals surface area contributed by atoms with E-state index in [1.807, 2.05) is 0 Å². The average molecular weight is 321 g/mol. The molecule has 1 saturated heterocycles. The molecule has 3 fully saturated rings. The molecule has 7 heteroatoms. The second-order valence-corrected chi connectivity index (χ2v) is 7.17. The summed E-state index contributed by atoms with van der Waals surface area (Å²) in [5.74, 6) is -1.04. The van der Waals surface area contributed by atoms with Gasteiger partial charge >= 0.3 is 6.18 Å². The zero-order valence-electron chi connectivity index (χ0n) is 12.5. The first kappa shape index (κ1) is 16.1. The van der Waals surface area contributed by atoms with Crippen molar-refractivity contribution in [2.75, 3.05) is 6.61 Å². The standard InChI is InChI=1S/C15H22F3NO3/c16-15(17,18)9-13(7-10-1-2-10)3-5-14(6-4-13)21-8-11(22-14)12(19)20/h10-11H,1-9H2,(H2,19,20). The Morgan fingerprint density at radius 2 is 1.82 bits per heavy atom. The highest BCUT2D eigenvalue weighted by atomic mass is 19.4. The second kappa shape index (κ2) is 5.37. The lowest BCUT2D eigenvalue weighted by atomic mass is 9.67. The van der Waals surface area contributed by atoms with Crippen molar-refractivity contribution in [2.45, 2.75) is 69.4 Å². The molecule has 1 heterocycles. The zero-order chi connectivity index (χ0) is 16.0. The predicted molar refractivity (Wildman–Crippen MR) is 71.7 cm³/mol. The van der Waals surface area contributed by atoms with E-state index >= 15 is 0 Å². The maximum Gasteiger partial charge on any atom is 0.389 e. The van der Waals surface area contributed by atoms with E-state index in [2.05, 4.69) is 0 Å². The Morgan fingerprint density at radius 1 is 1.18 bits per heavy atom. The molecule has 126 valence electrons. The summed E-state index contributed by atoms with van der Waals surface area (Å²) < 4.78 is 50.1. The second-order valence-electron chi connectivity index (χ2n) is 7.17. The molecule has 3 rings (SSSR count). The lowest BCUT2D eigenvalue weighted by molar-refractivity contribution is -0.218. The third-order valence-electron chi connectivity index (χ3n) is 5.24. The minimum atomic E-state index is -4.15. The van der Waals surface area contributed by atoms with Gasteiger partial charge in [-0.1, -0.05) is 12.8 Å². The number of halogens is 3. The quantitative estimate of drug-likeness (QED) is 0.866. The minimum Gasteiger partial charge on any atom is -0.367 e. The van der Waals surface area contributed by atoms with Gasteiger partial charge in [-0.2, -0.15) is 13.2 Å². The maximum atomic E-state index is 13.0. The predicted octanol–water partition coefficient (Wildman–Crippen LogP) is 2.90. The summed E-state index contributed by atoms with van der Waals surface area (Å²) in [5, 5.41) is 0. The molecule has 0 radical (unpaired) electrons. The van der Waals surface area contributed by atoms with Gasteiger partial charge in [0.15, 0.2) is 11.9 Å². The van der Waals surface area contributed by atoms with Gasteiger partial charge < -0.3 is 15.2 Å². The molecular weight excluding hydrogens is 299 g/mol. The van der Waals surface area contributed by atoms with Gasteiger partial charge in [0.1, 0.15) is 0 Å². The van der Waals surface area contributed by atoms with Crippen molar-refractivity contribution in [3.8, 4) is 0 Å². The normalized spacial score (nSPS) is 39.3. The van der Waals surface area contributed by atoms with Crippen LogP contribution in [-0.4, -0.2) is 30.6 Å². The summed E-state index contributed by atoms with van der Waals surface area (Å²) in [7, 11) is 0. The first-order valence-electron chi connectivity index (χ1n) is 7.89. The van der Waals surface area contributed by atoms with Crippen molar-refractivity contribution in [1.29, 1.82) is 0 Å². The number of carbonyl (C=O) groups excluding carboxylic acids is 1. The van der Waals surface area contributed by atoms with Gasteiger partial charge in [-0.3, -0.25) is 4.79 Å². The number of amides is 1. The number of rotatable bonds is 4. The third kappa shape index (κ3) is 3.56. The number of primary amides is 1. The Labute approximate surface area is 127 Å². The van der Waals surface area contributed by atoms with Gasteiger partial charge in [-0.05, 0) is 30.6 Å². The molecule has 22 heavy (non-hydrogen) atoms. The lowest BCUT2D eigenvalue weighted by Crippen LogP contribution is -2.43. The van der Waals surface area contributed by atoms with E-state index in [1.54, 1.807) is 0 Å². The summed E-state index contributed by atoms with van der Waals surface area (Å²) in [6.07, 6.45) is -1.27. The van der Waals surface area contributed by atoms with Crippen LogP contribution in [0.15, 0.2) is 0 Å². The van der Waals surface area contributed by atoms with Crippen LogP contribution in [0.5, 0.6) is 0 Å². The van der Waals surface area contributed by atoms with Crippen LogP contribution < -0.4 is 5.73 Å². The van der Waals surface area contributed by atoms with E-state index in [0.29, 0.717) is 38.0 Å². The van der Waals surface area contributed by atoms with Crippen LogP contribution in [0.1, 0.15) is 51.4 Å². The van der Waals surface area contributed by atoms with Crippen molar-refractivity contribution in [3.63, 3.8) is 0 Å². The molecule has 1 atom stereocenters. The summed E-state index contributed by atoms with van der Waals surface area (Å²) >= 11 is 0. The Balaban J connectivity index is 1.65. The van der Waals surface area contributed by atoms with Crippen LogP contribution in [0.25, 0.3) is 0 Å². The van der Waals surface area contributed by atoms with Crippen molar-refractivity contribution >= 4 is 5.91 Å². The molecule has 2 N–H and O–H groups in total. The molecule has 0 aromatic rings. The van der Waals surface area contributed by atoms with Crippen molar-refractivity contribution < 1.29 is 27.4 Å². The van der Waals surface area contributed by atoms with Gasteiger partial charge in [0.2, 0.25) is 5.91 Å². The summed E-state index contributed by atoms with van der Waals surface area (Å²) in [4.78, 5) is 11.2. The summed E-state index contributed by atoms with van der Waals surface area (Å²) in [5.41, 5.74) is 4.51. The molecule has 4 nitrogen and oxygen atoms in total. The molecule has 0 aromatic carbocycles. The fraction of sp³-hybridized carbons (Fsp3) is 0.933. The smallest absolute Gasteiger partial charge is 0.367 e. The number of alkyl halides is 3. The maximum absolute atomic E-state index is 13.0. The Bertz CT molecular complexity index is 440. The monoisotopic (exact) mass is 321 g/mol. The Kier molecular flexibility index (Phi) is 3.92. The first-order chi connectivity index (χ1) is 10.2. The molecule has 2 aliphatic carbocycles. The molecule has 2 saturated carbocycles. The first-order valence-corrected chi connectivity index (χ1v) is 7.89. The largest absolute Gasteiger partial charge is 0.389 e. The number of nitrogens with two attached hydrogens (primary N) is 1. The van der Waals surface area contributed by atoms with E-state index in [-0.39, 0.29) is 6.61 Å². The van der Waals surface area contributed by atoms with E-state index < -0.39 is 35.8 Å². The summed E-state index contributed by atoms with van der Waals surface area (Å²) in [6, 6.07) is 0. The molecule has 1 aliphatic heterocycles. The molecular formula is C15H22F3NO3. The third-order valence-corrected chi connectivity index (χ3v) is 5.24. The van der Waals surface area contributed by atoms with Crippen LogP contribution in [-0.2, 0) is 14.3 Å². The van der Waals surface area contributed by atoms with Crippen LogP contribution in [0.2, 0.25) is 0 Å². The van der Waals surface area contributed by atoms with Crippen molar-refractivity contribution in [2.24, 2.45) is 17.1 Å². The van der Waals surface area contributed by atoms with Gasteiger partial charge in [0.05, 0.1) is 6.61 Å². The van der Waals surface area contributed by atoms with Crippen LogP contribution in [0.4, 0.5) is 13.2 Å². The highest BCUT2D eigenvalue weighted by molar-refractivity contribution is 5.79. The fourth-order valence-corrected chi connectivity index (χ4v) is 3.93. The Hall–Kier alpha value is -0.820. The Morgan fingerprint density at radius 3 is 2.27 bits per heavy atom. The average Bonchev–Trinajstić information content (AvgIpc) is 3.10. The highest BCUT2D eigenvalue weighted by Crippen LogP contribution is 2.55. The van der Waals surface area contributed by atoms with Gasteiger partial charge in [-0.25, -0.2) is 0 Å². The molecule has 1 unspecified atom stereocenters.